The fraction of sp³-hybridized carbons (Fsp3) is 0.750. The van der Waals surface area contributed by atoms with Gasteiger partial charge in [0.2, 0.25) is 0 Å². The van der Waals surface area contributed by atoms with Crippen molar-refractivity contribution in [1.82, 2.24) is 0 Å². The fourth-order valence-corrected chi connectivity index (χ4v) is 2.69. The Labute approximate surface area is 86.7 Å². The van der Waals surface area contributed by atoms with E-state index in [4.69, 9.17) is 15.9 Å². The summed E-state index contributed by atoms with van der Waals surface area (Å²) in [6.45, 7) is 0. The molecule has 2 bridgehead atoms. The number of hydrogen-bond acceptors (Lipinski definition) is 3. The van der Waals surface area contributed by atoms with Crippen molar-refractivity contribution in [2.75, 3.05) is 0 Å². The zero-order chi connectivity index (χ0) is 9.85. The summed E-state index contributed by atoms with van der Waals surface area (Å²) in [6.07, 6.45) is 1.30. The number of carbonyl (C=O) groups is 2. The Morgan fingerprint density at radius 1 is 1.21 bits per heavy atom. The number of nitrogens with two attached hydrogens (primary N) is 1. The molecule has 14 heavy (non-hydrogen) atoms. The second-order valence-corrected chi connectivity index (χ2v) is 4.29. The Kier molecular flexibility index (Phi) is 2.28. The van der Waals surface area contributed by atoms with Gasteiger partial charge in [0, 0.05) is 0 Å². The molecule has 3 fully saturated rings. The van der Waals surface area contributed by atoms with Crippen LogP contribution in [0.4, 0.5) is 0 Å². The highest BCUT2D eigenvalue weighted by Gasteiger charge is 2.74. The number of rotatable bonds is 3. The van der Waals surface area contributed by atoms with E-state index in [-0.39, 0.29) is 12.4 Å². The van der Waals surface area contributed by atoms with Crippen molar-refractivity contribution < 1.29 is 19.8 Å². The Morgan fingerprint density at radius 3 is 1.93 bits per heavy atom. The molecule has 1 atom stereocenters. The SMILES string of the molecule is Cl.NC(C(=O)O)C12CC(C(=O)O)(C1)C2. The number of halogens is 1. The molecule has 3 saturated carbocycles. The minimum absolute atomic E-state index is 0. The predicted molar refractivity (Wildman–Crippen MR) is 49.2 cm³/mol. The second kappa shape index (κ2) is 2.84. The van der Waals surface area contributed by atoms with Crippen LogP contribution in [0.3, 0.4) is 0 Å². The fourth-order valence-electron chi connectivity index (χ4n) is 2.69. The molecule has 0 amide bonds. The second-order valence-electron chi connectivity index (χ2n) is 4.29. The summed E-state index contributed by atoms with van der Waals surface area (Å²) in [4.78, 5) is 21.3. The van der Waals surface area contributed by atoms with Crippen molar-refractivity contribution in [3.63, 3.8) is 0 Å². The van der Waals surface area contributed by atoms with Crippen molar-refractivity contribution in [2.24, 2.45) is 16.6 Å². The molecule has 0 aromatic carbocycles. The lowest BCUT2D eigenvalue weighted by atomic mass is 9.33. The van der Waals surface area contributed by atoms with Gasteiger partial charge in [-0.15, -0.1) is 12.4 Å². The molecule has 1 unspecified atom stereocenters. The molecule has 3 rings (SSSR count). The Morgan fingerprint density at radius 2 is 1.64 bits per heavy atom. The Balaban J connectivity index is 0.000000980. The maximum atomic E-state index is 10.7. The van der Waals surface area contributed by atoms with Crippen molar-refractivity contribution in [2.45, 2.75) is 25.3 Å². The third kappa shape index (κ3) is 1.05. The lowest BCUT2D eigenvalue weighted by Gasteiger charge is -2.69. The van der Waals surface area contributed by atoms with Gasteiger partial charge in [0.1, 0.15) is 6.04 Å². The first kappa shape index (κ1) is 11.3. The van der Waals surface area contributed by atoms with Crippen LogP contribution in [0.2, 0.25) is 0 Å². The highest BCUT2D eigenvalue weighted by molar-refractivity contribution is 5.85. The molecule has 3 aliphatic rings. The van der Waals surface area contributed by atoms with Crippen LogP contribution in [0.1, 0.15) is 19.3 Å². The quantitative estimate of drug-likeness (QED) is 0.626. The number of aliphatic carboxylic acids is 2. The van der Waals surface area contributed by atoms with Gasteiger partial charge < -0.3 is 15.9 Å². The minimum atomic E-state index is -1.03. The van der Waals surface area contributed by atoms with Gasteiger partial charge in [-0.1, -0.05) is 0 Å². The maximum absolute atomic E-state index is 10.7. The van der Waals surface area contributed by atoms with Gasteiger partial charge in [-0.2, -0.15) is 0 Å². The average molecular weight is 222 g/mol. The summed E-state index contributed by atoms with van der Waals surface area (Å²) in [7, 11) is 0. The van der Waals surface area contributed by atoms with Gasteiger partial charge >= 0.3 is 11.9 Å². The summed E-state index contributed by atoms with van der Waals surface area (Å²) in [5.41, 5.74) is 4.42. The lowest BCUT2D eigenvalue weighted by Crippen LogP contribution is -2.72. The van der Waals surface area contributed by atoms with Crippen LogP contribution in [0.5, 0.6) is 0 Å². The van der Waals surface area contributed by atoms with Gasteiger partial charge in [-0.25, -0.2) is 0 Å². The number of carboxylic acids is 2. The monoisotopic (exact) mass is 221 g/mol. The van der Waals surface area contributed by atoms with E-state index >= 15 is 0 Å². The normalized spacial score (nSPS) is 39.8. The van der Waals surface area contributed by atoms with E-state index in [2.05, 4.69) is 0 Å². The third-order valence-electron chi connectivity index (χ3n) is 3.45. The highest BCUT2D eigenvalue weighted by atomic mass is 35.5. The first-order chi connectivity index (χ1) is 5.92. The van der Waals surface area contributed by atoms with Gasteiger partial charge in [-0.3, -0.25) is 9.59 Å². The van der Waals surface area contributed by atoms with Gasteiger partial charge in [0.15, 0.2) is 0 Å². The maximum Gasteiger partial charge on any atom is 0.321 e. The van der Waals surface area contributed by atoms with E-state index in [1.807, 2.05) is 0 Å². The summed E-state index contributed by atoms with van der Waals surface area (Å²) < 4.78 is 0. The van der Waals surface area contributed by atoms with Crippen molar-refractivity contribution in [1.29, 1.82) is 0 Å². The molecule has 3 aliphatic carbocycles. The van der Waals surface area contributed by atoms with Gasteiger partial charge in [0.05, 0.1) is 5.41 Å². The molecule has 5 nitrogen and oxygen atoms in total. The van der Waals surface area contributed by atoms with Crippen LogP contribution in [0, 0.1) is 10.8 Å². The van der Waals surface area contributed by atoms with Crippen LogP contribution in [0.25, 0.3) is 0 Å². The zero-order valence-electron chi connectivity index (χ0n) is 7.40. The van der Waals surface area contributed by atoms with Crippen molar-refractivity contribution in [3.05, 3.63) is 0 Å². The predicted octanol–water partition coefficient (Wildman–Crippen LogP) is 0.0750. The van der Waals surface area contributed by atoms with E-state index in [9.17, 15) is 9.59 Å². The summed E-state index contributed by atoms with van der Waals surface area (Å²) in [5.74, 6) is -1.84. The smallest absolute Gasteiger partial charge is 0.321 e. The standard InChI is InChI=1S/C8H11NO4.ClH/c9-4(5(10)11)7-1-8(2-7,3-7)6(12)13;/h4H,1-3,9H2,(H,10,11)(H,12,13);1H. The zero-order valence-corrected chi connectivity index (χ0v) is 8.21. The topological polar surface area (TPSA) is 101 Å². The summed E-state index contributed by atoms with van der Waals surface area (Å²) in [5, 5.41) is 17.4. The van der Waals surface area contributed by atoms with E-state index in [0.29, 0.717) is 19.3 Å². The molecule has 0 spiro atoms. The largest absolute Gasteiger partial charge is 0.481 e. The first-order valence-corrected chi connectivity index (χ1v) is 4.14. The molecule has 6 heteroatoms. The van der Waals surface area contributed by atoms with E-state index < -0.39 is 28.8 Å². The van der Waals surface area contributed by atoms with E-state index in [1.165, 1.54) is 0 Å². The lowest BCUT2D eigenvalue weighted by molar-refractivity contribution is -0.232. The number of carboxylic acid groups (broad SMARTS) is 2. The molecule has 80 valence electrons. The molecular weight excluding hydrogens is 210 g/mol. The average Bonchev–Trinajstić information content (AvgIpc) is 1.79. The van der Waals surface area contributed by atoms with Gasteiger partial charge in [0.25, 0.3) is 0 Å². The van der Waals surface area contributed by atoms with Crippen LogP contribution >= 0.6 is 12.4 Å². The van der Waals surface area contributed by atoms with Crippen LogP contribution < -0.4 is 5.73 Å². The van der Waals surface area contributed by atoms with E-state index in [0.717, 1.165) is 0 Å². The molecule has 4 N–H and O–H groups in total. The van der Waals surface area contributed by atoms with Crippen LogP contribution in [-0.4, -0.2) is 28.2 Å². The summed E-state index contributed by atoms with van der Waals surface area (Å²) >= 11 is 0. The minimum Gasteiger partial charge on any atom is -0.481 e. The molecule has 0 aromatic rings. The highest BCUT2D eigenvalue weighted by Crippen LogP contribution is 2.74. The van der Waals surface area contributed by atoms with Crippen LogP contribution in [0.15, 0.2) is 0 Å². The van der Waals surface area contributed by atoms with E-state index in [1.54, 1.807) is 0 Å². The molecule has 0 saturated heterocycles. The Bertz CT molecular complexity index is 284. The molecule has 0 radical (unpaired) electrons. The summed E-state index contributed by atoms with van der Waals surface area (Å²) in [6, 6.07) is -0.895. The van der Waals surface area contributed by atoms with Gasteiger partial charge in [-0.05, 0) is 24.7 Å². The van der Waals surface area contributed by atoms with Crippen molar-refractivity contribution in [3.8, 4) is 0 Å². The van der Waals surface area contributed by atoms with Crippen molar-refractivity contribution >= 4 is 24.3 Å². The molecule has 0 aliphatic heterocycles. The molecule has 0 heterocycles. The first-order valence-electron chi connectivity index (χ1n) is 4.14. The Hall–Kier alpha value is -0.810. The number of hydrogen-bond donors (Lipinski definition) is 3. The molecular formula is C8H12ClNO4. The third-order valence-corrected chi connectivity index (χ3v) is 3.45. The van der Waals surface area contributed by atoms with Crippen LogP contribution in [-0.2, 0) is 9.59 Å². The molecule has 0 aromatic heterocycles.